The molecule has 4 N–H and O–H groups in total. The molecule has 0 atom stereocenters. The minimum Gasteiger partial charge on any atom is -0.488 e. The maximum atomic E-state index is 13.1. The van der Waals surface area contributed by atoms with Crippen LogP contribution in [-0.4, -0.2) is 60.7 Å². The second-order valence-electron chi connectivity index (χ2n) is 8.89. The normalized spacial score (nSPS) is 11.4. The average Bonchev–Trinajstić information content (AvgIpc) is 2.90. The highest BCUT2D eigenvalue weighted by molar-refractivity contribution is 6.04. The molecule has 3 aromatic rings. The van der Waals surface area contributed by atoms with E-state index in [2.05, 4.69) is 20.5 Å². The molecule has 37 heavy (non-hydrogen) atoms. The fourth-order valence-electron chi connectivity index (χ4n) is 3.65. The van der Waals surface area contributed by atoms with Crippen LogP contribution in [-0.2, 0) is 9.59 Å². The number of benzene rings is 2. The van der Waals surface area contributed by atoms with Crippen LogP contribution in [0.3, 0.4) is 0 Å². The maximum absolute atomic E-state index is 13.1. The Bertz CT molecular complexity index is 1190. The first-order chi connectivity index (χ1) is 18.0. The highest BCUT2D eigenvalue weighted by atomic mass is 16.5. The van der Waals surface area contributed by atoms with Gasteiger partial charge in [0.2, 0.25) is 5.91 Å². The Balaban J connectivity index is 1.65. The van der Waals surface area contributed by atoms with Crippen LogP contribution in [0.1, 0.15) is 25.7 Å². The molecule has 9 nitrogen and oxygen atoms in total. The van der Waals surface area contributed by atoms with E-state index in [1.807, 2.05) is 68.7 Å². The van der Waals surface area contributed by atoms with Crippen molar-refractivity contribution in [2.45, 2.75) is 25.7 Å². The molecule has 1 aromatic heterocycles. The topological polar surface area (TPSA) is 116 Å². The Labute approximate surface area is 217 Å². The zero-order valence-electron chi connectivity index (χ0n) is 21.4. The number of nitrogens with zero attached hydrogens (tertiary/aromatic N) is 2. The molecule has 0 spiro atoms. The molecule has 9 heteroatoms. The van der Waals surface area contributed by atoms with Gasteiger partial charge in [-0.25, -0.2) is 10.5 Å². The van der Waals surface area contributed by atoms with Crippen LogP contribution >= 0.6 is 0 Å². The highest BCUT2D eigenvalue weighted by Gasteiger charge is 2.13. The summed E-state index contributed by atoms with van der Waals surface area (Å²) in [6.07, 6.45) is 5.54. The van der Waals surface area contributed by atoms with E-state index in [9.17, 15) is 9.59 Å². The van der Waals surface area contributed by atoms with Gasteiger partial charge in [0.1, 0.15) is 18.2 Å². The van der Waals surface area contributed by atoms with Crippen molar-refractivity contribution >= 4 is 34.1 Å². The molecule has 1 heterocycles. The third-order valence-corrected chi connectivity index (χ3v) is 5.68. The molecular formula is C28H35N5O4. The number of carbonyl (C=O) groups excluding carboxylic acids is 2. The van der Waals surface area contributed by atoms with Gasteiger partial charge in [-0.1, -0.05) is 42.5 Å². The largest absolute Gasteiger partial charge is 0.488 e. The van der Waals surface area contributed by atoms with E-state index in [1.165, 1.54) is 0 Å². The highest BCUT2D eigenvalue weighted by Crippen LogP contribution is 2.25. The number of ether oxygens (including phenoxy) is 1. The molecular weight excluding hydrogens is 470 g/mol. The number of hydrogen-bond acceptors (Lipinski definition) is 7. The molecule has 0 saturated heterocycles. The predicted molar refractivity (Wildman–Crippen MR) is 146 cm³/mol. The Morgan fingerprint density at radius 2 is 1.86 bits per heavy atom. The first-order valence-electron chi connectivity index (χ1n) is 12.3. The summed E-state index contributed by atoms with van der Waals surface area (Å²) in [6, 6.07) is 17.4. The summed E-state index contributed by atoms with van der Waals surface area (Å²) in [5, 5.41) is 16.8. The second-order valence-corrected chi connectivity index (χ2v) is 8.89. The van der Waals surface area contributed by atoms with Crippen molar-refractivity contribution in [2.75, 3.05) is 44.4 Å². The van der Waals surface area contributed by atoms with E-state index in [-0.39, 0.29) is 18.9 Å². The fraction of sp³-hybridized carbons (Fsp3) is 0.321. The van der Waals surface area contributed by atoms with Gasteiger partial charge < -0.3 is 20.3 Å². The van der Waals surface area contributed by atoms with Gasteiger partial charge in [0.25, 0.3) is 5.91 Å². The number of aromatic nitrogens is 1. The Morgan fingerprint density at radius 1 is 1.05 bits per heavy atom. The van der Waals surface area contributed by atoms with Gasteiger partial charge in [0, 0.05) is 24.9 Å². The van der Waals surface area contributed by atoms with E-state index in [0.29, 0.717) is 36.3 Å². The lowest BCUT2D eigenvalue weighted by molar-refractivity contribution is -0.129. The van der Waals surface area contributed by atoms with Crippen LogP contribution in [0.2, 0.25) is 0 Å². The maximum Gasteiger partial charge on any atom is 0.254 e. The van der Waals surface area contributed by atoms with Gasteiger partial charge >= 0.3 is 0 Å². The summed E-state index contributed by atoms with van der Waals surface area (Å²) in [6.45, 7) is 1.74. The average molecular weight is 506 g/mol. The monoisotopic (exact) mass is 505 g/mol. The number of pyridine rings is 1. The van der Waals surface area contributed by atoms with Gasteiger partial charge in [-0.15, -0.1) is 0 Å². The van der Waals surface area contributed by atoms with Crippen LogP contribution in [0.15, 0.2) is 72.4 Å². The summed E-state index contributed by atoms with van der Waals surface area (Å²) in [7, 11) is 4.02. The molecule has 3 rings (SSSR count). The lowest BCUT2D eigenvalue weighted by Crippen LogP contribution is -2.21. The number of rotatable bonds is 14. The number of nitrogens with one attached hydrogen (secondary N) is 3. The van der Waals surface area contributed by atoms with Crippen LogP contribution < -0.4 is 20.9 Å². The molecule has 0 aliphatic heterocycles. The van der Waals surface area contributed by atoms with Gasteiger partial charge in [-0.2, -0.15) is 0 Å². The summed E-state index contributed by atoms with van der Waals surface area (Å²) in [5.41, 5.74) is 2.69. The van der Waals surface area contributed by atoms with E-state index in [0.717, 1.165) is 29.7 Å². The first-order valence-corrected chi connectivity index (χ1v) is 12.3. The zero-order chi connectivity index (χ0) is 26.5. The van der Waals surface area contributed by atoms with E-state index in [4.69, 9.17) is 9.94 Å². The number of hydrogen-bond donors (Lipinski definition) is 4. The molecule has 196 valence electrons. The van der Waals surface area contributed by atoms with Crippen molar-refractivity contribution in [2.24, 2.45) is 0 Å². The smallest absolute Gasteiger partial charge is 0.254 e. The summed E-state index contributed by atoms with van der Waals surface area (Å²) >= 11 is 0. The van der Waals surface area contributed by atoms with Gasteiger partial charge in [-0.05, 0) is 56.9 Å². The number of hydroxylamine groups is 1. The van der Waals surface area contributed by atoms with Gasteiger partial charge in [0.15, 0.2) is 0 Å². The van der Waals surface area contributed by atoms with Crippen molar-refractivity contribution in [3.05, 3.63) is 72.4 Å². The molecule has 0 aliphatic rings. The Kier molecular flexibility index (Phi) is 10.9. The van der Waals surface area contributed by atoms with Gasteiger partial charge in [-0.3, -0.25) is 14.8 Å². The van der Waals surface area contributed by atoms with Crippen molar-refractivity contribution in [1.29, 1.82) is 0 Å². The minimum absolute atomic E-state index is 0.0918. The predicted octanol–water partition coefficient (Wildman–Crippen LogP) is 4.22. The number of allylic oxidation sites excluding steroid dienone is 1. The minimum atomic E-state index is -0.423. The third-order valence-electron chi connectivity index (χ3n) is 5.68. The zero-order valence-corrected chi connectivity index (χ0v) is 21.4. The van der Waals surface area contributed by atoms with E-state index >= 15 is 0 Å². The van der Waals surface area contributed by atoms with Crippen molar-refractivity contribution in [1.82, 2.24) is 15.4 Å². The summed E-state index contributed by atoms with van der Waals surface area (Å²) in [4.78, 5) is 30.8. The van der Waals surface area contributed by atoms with Crippen LogP contribution in [0.25, 0.3) is 10.8 Å². The third kappa shape index (κ3) is 9.21. The molecule has 0 radical (unpaired) electrons. The van der Waals surface area contributed by atoms with Crippen molar-refractivity contribution < 1.29 is 19.5 Å². The van der Waals surface area contributed by atoms with Crippen molar-refractivity contribution in [3.8, 4) is 5.75 Å². The molecule has 2 amide bonds. The summed E-state index contributed by atoms with van der Waals surface area (Å²) in [5.74, 6) is 0.741. The number of fused-ring (bicyclic) bond motifs is 1. The Hall–Kier alpha value is -3.95. The quantitative estimate of drug-likeness (QED) is 0.112. The van der Waals surface area contributed by atoms with Crippen LogP contribution in [0.4, 0.5) is 11.5 Å². The lowest BCUT2D eigenvalue weighted by atomic mass is 10.1. The van der Waals surface area contributed by atoms with Crippen LogP contribution in [0.5, 0.6) is 5.75 Å². The number of unbranched alkanes of at least 4 members (excludes halogenated alkanes) is 2. The van der Waals surface area contributed by atoms with E-state index < -0.39 is 5.91 Å². The molecule has 2 aromatic carbocycles. The van der Waals surface area contributed by atoms with E-state index in [1.54, 1.807) is 17.7 Å². The summed E-state index contributed by atoms with van der Waals surface area (Å²) < 4.78 is 6.08. The number of carbonyl (C=O) groups is 2. The molecule has 0 aliphatic carbocycles. The molecule has 0 saturated carbocycles. The standard InChI is InChI=1S/C28H35N5O4/c1-33(2)18-17-29-26-16-15-23(19-30-26)31-28(35)22(10-4-3-5-14-27(34)32-36)20-37-25-13-8-11-21-9-6-7-12-24(21)25/h6-13,15-16,19,36H,3-5,14,17-18,20H2,1-2H3,(H,29,30)(H,31,35)(H,32,34)/b22-10+. The van der Waals surface area contributed by atoms with Gasteiger partial charge in [0.05, 0.1) is 17.5 Å². The fourth-order valence-corrected chi connectivity index (χ4v) is 3.65. The number of likely N-dealkylation sites (N-methyl/N-ethyl adjacent to an activating group) is 1. The number of amides is 2. The molecule has 0 unspecified atom stereocenters. The first kappa shape index (κ1) is 27.6. The van der Waals surface area contributed by atoms with Crippen LogP contribution in [0, 0.1) is 0 Å². The molecule has 0 fully saturated rings. The Morgan fingerprint density at radius 3 is 2.62 bits per heavy atom. The molecule has 0 bridgehead atoms. The SMILES string of the molecule is CN(C)CCNc1ccc(NC(=O)/C(=C/CCCCC(=O)NO)COc2cccc3ccccc23)cn1. The van der Waals surface area contributed by atoms with Crippen molar-refractivity contribution in [3.63, 3.8) is 0 Å². The lowest BCUT2D eigenvalue weighted by Gasteiger charge is -2.13. The number of anilines is 2. The second kappa shape index (κ2) is 14.6.